The molecule has 0 saturated carbocycles. The molecule has 1 aliphatic rings. The zero-order valence-electron chi connectivity index (χ0n) is 9.77. The van der Waals surface area contributed by atoms with Crippen molar-refractivity contribution in [3.63, 3.8) is 0 Å². The fraction of sp³-hybridized carbons (Fsp3) is 0.538. The van der Waals surface area contributed by atoms with Crippen LogP contribution in [-0.4, -0.2) is 29.4 Å². The summed E-state index contributed by atoms with van der Waals surface area (Å²) in [5, 5.41) is 18.4. The van der Waals surface area contributed by atoms with Crippen LogP contribution in [0.15, 0.2) is 18.2 Å². The summed E-state index contributed by atoms with van der Waals surface area (Å²) < 4.78 is 13.4. The van der Waals surface area contributed by atoms with Gasteiger partial charge in [0.15, 0.2) is 0 Å². The van der Waals surface area contributed by atoms with Crippen LogP contribution in [-0.2, 0) is 6.61 Å². The monoisotopic (exact) mass is 239 g/mol. The molecule has 1 unspecified atom stereocenters. The van der Waals surface area contributed by atoms with Crippen LogP contribution in [0.1, 0.15) is 24.8 Å². The maximum absolute atomic E-state index is 13.4. The second kappa shape index (κ2) is 5.47. The van der Waals surface area contributed by atoms with E-state index in [1.165, 1.54) is 12.1 Å². The van der Waals surface area contributed by atoms with E-state index in [0.717, 1.165) is 31.5 Å². The average molecular weight is 239 g/mol. The van der Waals surface area contributed by atoms with E-state index < -0.39 is 0 Å². The number of piperidine rings is 1. The predicted molar refractivity (Wildman–Crippen MR) is 64.4 cm³/mol. The summed E-state index contributed by atoms with van der Waals surface area (Å²) in [5.41, 5.74) is 1.33. The van der Waals surface area contributed by atoms with Crippen LogP contribution in [0.25, 0.3) is 0 Å². The molecule has 2 N–H and O–H groups in total. The lowest BCUT2D eigenvalue weighted by Crippen LogP contribution is -2.42. The van der Waals surface area contributed by atoms with Gasteiger partial charge in [0.1, 0.15) is 5.82 Å². The number of nitrogens with zero attached hydrogens (tertiary/aromatic N) is 1. The maximum Gasteiger partial charge on any atom is 0.125 e. The van der Waals surface area contributed by atoms with Crippen molar-refractivity contribution in [3.8, 4) is 0 Å². The molecule has 3 nitrogen and oxygen atoms in total. The summed E-state index contributed by atoms with van der Waals surface area (Å²) in [6, 6.07) is 4.66. The Morgan fingerprint density at radius 1 is 1.24 bits per heavy atom. The quantitative estimate of drug-likeness (QED) is 0.843. The Bertz CT molecular complexity index is 384. The molecule has 0 aromatic heterocycles. The summed E-state index contributed by atoms with van der Waals surface area (Å²) >= 11 is 0. The Balaban J connectivity index is 2.27. The van der Waals surface area contributed by atoms with Gasteiger partial charge in [0, 0.05) is 12.2 Å². The fourth-order valence-electron chi connectivity index (χ4n) is 2.42. The van der Waals surface area contributed by atoms with Crippen molar-refractivity contribution in [1.82, 2.24) is 0 Å². The summed E-state index contributed by atoms with van der Waals surface area (Å²) in [4.78, 5) is 2.03. The molecule has 1 aromatic carbocycles. The molecule has 2 rings (SSSR count). The van der Waals surface area contributed by atoms with Crippen LogP contribution in [0.2, 0.25) is 0 Å². The van der Waals surface area contributed by atoms with Gasteiger partial charge in [-0.15, -0.1) is 0 Å². The average Bonchev–Trinajstić information content (AvgIpc) is 2.37. The second-order valence-electron chi connectivity index (χ2n) is 4.50. The maximum atomic E-state index is 13.4. The molecule has 0 bridgehead atoms. The van der Waals surface area contributed by atoms with Gasteiger partial charge in [-0.3, -0.25) is 0 Å². The minimum Gasteiger partial charge on any atom is -0.394 e. The van der Waals surface area contributed by atoms with Crippen LogP contribution >= 0.6 is 0 Å². The van der Waals surface area contributed by atoms with Crippen molar-refractivity contribution in [2.75, 3.05) is 18.1 Å². The number of hydrogen-bond acceptors (Lipinski definition) is 3. The highest BCUT2D eigenvalue weighted by molar-refractivity contribution is 5.50. The lowest BCUT2D eigenvalue weighted by molar-refractivity contribution is 0.240. The highest BCUT2D eigenvalue weighted by Gasteiger charge is 2.22. The molecule has 1 heterocycles. The topological polar surface area (TPSA) is 43.7 Å². The van der Waals surface area contributed by atoms with Crippen molar-refractivity contribution >= 4 is 5.69 Å². The van der Waals surface area contributed by atoms with Gasteiger partial charge in [-0.25, -0.2) is 4.39 Å². The molecule has 1 aliphatic heterocycles. The number of benzene rings is 1. The van der Waals surface area contributed by atoms with Crippen molar-refractivity contribution in [1.29, 1.82) is 0 Å². The van der Waals surface area contributed by atoms with E-state index in [2.05, 4.69) is 0 Å². The first-order valence-electron chi connectivity index (χ1n) is 6.02. The molecule has 1 atom stereocenters. The van der Waals surface area contributed by atoms with Gasteiger partial charge in [-0.1, -0.05) is 0 Å². The molecule has 0 amide bonds. The van der Waals surface area contributed by atoms with E-state index in [9.17, 15) is 9.50 Å². The summed E-state index contributed by atoms with van der Waals surface area (Å²) in [6.07, 6.45) is 3.09. The van der Waals surface area contributed by atoms with Crippen LogP contribution in [0.3, 0.4) is 0 Å². The third kappa shape index (κ3) is 2.76. The van der Waals surface area contributed by atoms with Gasteiger partial charge >= 0.3 is 0 Å². The van der Waals surface area contributed by atoms with Crippen molar-refractivity contribution in [2.24, 2.45) is 0 Å². The van der Waals surface area contributed by atoms with E-state index in [4.69, 9.17) is 5.11 Å². The van der Waals surface area contributed by atoms with Crippen molar-refractivity contribution < 1.29 is 14.6 Å². The molecule has 17 heavy (non-hydrogen) atoms. The molecular formula is C13H18FNO2. The van der Waals surface area contributed by atoms with E-state index in [1.54, 1.807) is 6.07 Å². The SMILES string of the molecule is OCc1cc(F)cc(N2CCCCC2CO)c1. The standard InChI is InChI=1S/C13H18FNO2/c14-11-5-10(8-16)6-13(7-11)15-4-2-1-3-12(15)9-17/h5-7,12,16-17H,1-4,8-9H2. The Morgan fingerprint density at radius 2 is 2.06 bits per heavy atom. The Morgan fingerprint density at radius 3 is 2.76 bits per heavy atom. The Hall–Kier alpha value is -1.13. The van der Waals surface area contributed by atoms with Crippen LogP contribution in [0.4, 0.5) is 10.1 Å². The third-order valence-corrected chi connectivity index (χ3v) is 3.29. The van der Waals surface area contributed by atoms with E-state index in [1.807, 2.05) is 4.90 Å². The number of aliphatic hydroxyl groups excluding tert-OH is 2. The predicted octanol–water partition coefficient (Wildman–Crippen LogP) is 1.67. The highest BCUT2D eigenvalue weighted by Crippen LogP contribution is 2.26. The first kappa shape index (κ1) is 12.3. The molecule has 1 aromatic rings. The van der Waals surface area contributed by atoms with Crippen molar-refractivity contribution in [3.05, 3.63) is 29.6 Å². The number of hydrogen-bond donors (Lipinski definition) is 2. The highest BCUT2D eigenvalue weighted by atomic mass is 19.1. The van der Waals surface area contributed by atoms with E-state index in [0.29, 0.717) is 5.56 Å². The number of rotatable bonds is 3. The molecule has 4 heteroatoms. The summed E-state index contributed by atoms with van der Waals surface area (Å²) in [5.74, 6) is -0.339. The number of anilines is 1. The molecule has 1 saturated heterocycles. The molecule has 0 radical (unpaired) electrons. The lowest BCUT2D eigenvalue weighted by Gasteiger charge is -2.36. The minimum atomic E-state index is -0.339. The fourth-order valence-corrected chi connectivity index (χ4v) is 2.42. The Kier molecular flexibility index (Phi) is 3.97. The third-order valence-electron chi connectivity index (χ3n) is 3.29. The first-order valence-corrected chi connectivity index (χ1v) is 6.02. The van der Waals surface area contributed by atoms with Crippen LogP contribution in [0, 0.1) is 5.82 Å². The molecular weight excluding hydrogens is 221 g/mol. The first-order chi connectivity index (χ1) is 8.24. The van der Waals surface area contributed by atoms with Gasteiger partial charge in [-0.05, 0) is 43.0 Å². The van der Waals surface area contributed by atoms with Crippen LogP contribution < -0.4 is 4.90 Å². The molecule has 1 fully saturated rings. The lowest BCUT2D eigenvalue weighted by atomic mass is 10.0. The Labute approximate surface area is 100 Å². The molecule has 94 valence electrons. The van der Waals surface area contributed by atoms with Gasteiger partial charge in [0.2, 0.25) is 0 Å². The zero-order valence-corrected chi connectivity index (χ0v) is 9.77. The van der Waals surface area contributed by atoms with Crippen LogP contribution in [0.5, 0.6) is 0 Å². The van der Waals surface area contributed by atoms with Gasteiger partial charge in [-0.2, -0.15) is 0 Å². The van der Waals surface area contributed by atoms with Gasteiger partial charge < -0.3 is 15.1 Å². The minimum absolute atomic E-state index is 0.0668. The van der Waals surface area contributed by atoms with Crippen molar-refractivity contribution in [2.45, 2.75) is 31.9 Å². The largest absolute Gasteiger partial charge is 0.394 e. The molecule has 0 aliphatic carbocycles. The zero-order chi connectivity index (χ0) is 12.3. The normalized spacial score (nSPS) is 20.6. The number of halogens is 1. The summed E-state index contributed by atoms with van der Waals surface area (Å²) in [6.45, 7) is 0.757. The second-order valence-corrected chi connectivity index (χ2v) is 4.50. The van der Waals surface area contributed by atoms with Gasteiger partial charge in [0.05, 0.1) is 19.3 Å². The molecule has 0 spiro atoms. The van der Waals surface area contributed by atoms with E-state index >= 15 is 0 Å². The smallest absolute Gasteiger partial charge is 0.125 e. The summed E-state index contributed by atoms with van der Waals surface area (Å²) in [7, 11) is 0. The van der Waals surface area contributed by atoms with Gasteiger partial charge in [0.25, 0.3) is 0 Å². The van der Waals surface area contributed by atoms with E-state index in [-0.39, 0.29) is 25.1 Å². The number of aliphatic hydroxyl groups is 2.